The summed E-state index contributed by atoms with van der Waals surface area (Å²) in [5, 5.41) is 0. The van der Waals surface area contributed by atoms with Crippen LogP contribution >= 0.6 is 0 Å². The smallest absolute Gasteiger partial charge is 0.365 e. The lowest BCUT2D eigenvalue weighted by Gasteiger charge is -2.24. The fraction of sp³-hybridized carbons (Fsp3) is 0.875. The number of ether oxygens (including phenoxy) is 1. The molecule has 1 aliphatic heterocycles. The summed E-state index contributed by atoms with van der Waals surface area (Å²) in [4.78, 5) is 10.9. The molecule has 1 fully saturated rings. The third-order valence-electron chi connectivity index (χ3n) is 2.06. The zero-order chi connectivity index (χ0) is 8.65. The summed E-state index contributed by atoms with van der Waals surface area (Å²) in [6, 6.07) is -0.153. The quantitative estimate of drug-likeness (QED) is 0.503. The second-order valence-corrected chi connectivity index (χ2v) is 4.22. The zero-order valence-electron chi connectivity index (χ0n) is 7.39. The van der Waals surface area contributed by atoms with Gasteiger partial charge in [-0.1, -0.05) is 20.8 Å². The first-order valence-corrected chi connectivity index (χ1v) is 3.95. The zero-order valence-corrected chi connectivity index (χ0v) is 7.39. The van der Waals surface area contributed by atoms with Crippen molar-refractivity contribution in [2.45, 2.75) is 39.3 Å². The lowest BCUT2D eigenvalue weighted by molar-refractivity contribution is -0.402. The van der Waals surface area contributed by atoms with Gasteiger partial charge in [-0.3, -0.25) is 0 Å². The fourth-order valence-corrected chi connectivity index (χ4v) is 1.17. The summed E-state index contributed by atoms with van der Waals surface area (Å²) in [7, 11) is 0. The minimum atomic E-state index is -0.153. The largest absolute Gasteiger partial charge is 0.457 e. The van der Waals surface area contributed by atoms with E-state index in [1.807, 2.05) is 0 Å². The lowest BCUT2D eigenvalue weighted by atomic mass is 9.87. The van der Waals surface area contributed by atoms with Gasteiger partial charge in [-0.25, -0.2) is 4.79 Å². The van der Waals surface area contributed by atoms with E-state index in [-0.39, 0.29) is 23.5 Å². The Balaban J connectivity index is 2.61. The van der Waals surface area contributed by atoms with E-state index in [9.17, 15) is 4.79 Å². The SMILES string of the molecule is CC(C)(C)[C@H]1C[C@@H]([NH3+])C(=O)O1. The van der Waals surface area contributed by atoms with Crippen molar-refractivity contribution < 1.29 is 15.3 Å². The summed E-state index contributed by atoms with van der Waals surface area (Å²) in [5.41, 5.74) is 3.77. The molecule has 3 nitrogen and oxygen atoms in total. The van der Waals surface area contributed by atoms with E-state index in [0.29, 0.717) is 0 Å². The summed E-state index contributed by atoms with van der Waals surface area (Å²) in [5.74, 6) is -0.148. The number of cyclic esters (lactones) is 1. The van der Waals surface area contributed by atoms with Crippen LogP contribution in [0, 0.1) is 5.41 Å². The van der Waals surface area contributed by atoms with Crippen molar-refractivity contribution in [1.82, 2.24) is 0 Å². The number of rotatable bonds is 0. The molecule has 3 N–H and O–H groups in total. The topological polar surface area (TPSA) is 53.9 Å². The molecule has 1 aliphatic rings. The normalized spacial score (nSPS) is 32.2. The van der Waals surface area contributed by atoms with Gasteiger partial charge in [0, 0.05) is 6.42 Å². The van der Waals surface area contributed by atoms with Crippen LogP contribution in [0.25, 0.3) is 0 Å². The number of hydrogen-bond acceptors (Lipinski definition) is 2. The second-order valence-electron chi connectivity index (χ2n) is 4.22. The first-order chi connectivity index (χ1) is 4.91. The van der Waals surface area contributed by atoms with Gasteiger partial charge in [0.15, 0.2) is 6.04 Å². The van der Waals surface area contributed by atoms with Gasteiger partial charge >= 0.3 is 5.97 Å². The predicted molar refractivity (Wildman–Crippen MR) is 40.6 cm³/mol. The van der Waals surface area contributed by atoms with Crippen LogP contribution in [0.3, 0.4) is 0 Å². The van der Waals surface area contributed by atoms with Gasteiger partial charge in [-0.05, 0) is 5.41 Å². The molecular weight excluding hydrogens is 142 g/mol. The summed E-state index contributed by atoms with van der Waals surface area (Å²) in [6.45, 7) is 6.22. The average molecular weight is 158 g/mol. The molecule has 11 heavy (non-hydrogen) atoms. The van der Waals surface area contributed by atoms with E-state index in [4.69, 9.17) is 4.74 Å². The summed E-state index contributed by atoms with van der Waals surface area (Å²) in [6.07, 6.45) is 0.819. The van der Waals surface area contributed by atoms with Crippen LogP contribution in [0.2, 0.25) is 0 Å². The second kappa shape index (κ2) is 2.48. The highest BCUT2D eigenvalue weighted by atomic mass is 16.6. The molecular formula is C8H16NO2+. The molecule has 0 radical (unpaired) electrons. The van der Waals surface area contributed by atoms with Crippen molar-refractivity contribution in [3.05, 3.63) is 0 Å². The van der Waals surface area contributed by atoms with E-state index in [1.165, 1.54) is 0 Å². The highest BCUT2D eigenvalue weighted by Crippen LogP contribution is 2.29. The molecule has 0 saturated carbocycles. The Labute approximate surface area is 66.9 Å². The molecule has 0 aromatic heterocycles. The number of hydrogen-bond donors (Lipinski definition) is 1. The van der Waals surface area contributed by atoms with Gasteiger partial charge in [0.2, 0.25) is 0 Å². The Morgan fingerprint density at radius 3 is 2.27 bits per heavy atom. The summed E-state index contributed by atoms with van der Waals surface area (Å²) >= 11 is 0. The Hall–Kier alpha value is -0.570. The van der Waals surface area contributed by atoms with Gasteiger partial charge in [-0.15, -0.1) is 0 Å². The monoisotopic (exact) mass is 158 g/mol. The minimum absolute atomic E-state index is 0.0532. The highest BCUT2D eigenvalue weighted by Gasteiger charge is 2.40. The first kappa shape index (κ1) is 8.53. The van der Waals surface area contributed by atoms with Crippen LogP contribution in [0.1, 0.15) is 27.2 Å². The third kappa shape index (κ3) is 1.71. The molecule has 1 heterocycles. The fourth-order valence-electron chi connectivity index (χ4n) is 1.17. The predicted octanol–water partition coefficient (Wildman–Crippen LogP) is -0.0415. The maximum absolute atomic E-state index is 10.9. The van der Waals surface area contributed by atoms with Crippen LogP contribution in [0.5, 0.6) is 0 Å². The van der Waals surface area contributed by atoms with Gasteiger partial charge in [0.25, 0.3) is 0 Å². The van der Waals surface area contributed by atoms with E-state index in [1.54, 1.807) is 0 Å². The molecule has 64 valence electrons. The number of esters is 1. The highest BCUT2D eigenvalue weighted by molar-refractivity contribution is 5.76. The van der Waals surface area contributed by atoms with Gasteiger partial charge < -0.3 is 10.5 Å². The van der Waals surface area contributed by atoms with Crippen molar-refractivity contribution in [3.8, 4) is 0 Å². The molecule has 0 spiro atoms. The first-order valence-electron chi connectivity index (χ1n) is 3.95. The molecule has 1 saturated heterocycles. The third-order valence-corrected chi connectivity index (χ3v) is 2.06. The van der Waals surface area contributed by atoms with Crippen molar-refractivity contribution in [1.29, 1.82) is 0 Å². The maximum atomic E-state index is 10.9. The number of quaternary nitrogens is 1. The molecule has 3 heteroatoms. The number of carbonyl (C=O) groups is 1. The lowest BCUT2D eigenvalue weighted by Crippen LogP contribution is -2.63. The van der Waals surface area contributed by atoms with Crippen molar-refractivity contribution >= 4 is 5.97 Å². The van der Waals surface area contributed by atoms with Crippen LogP contribution < -0.4 is 5.73 Å². The Bertz CT molecular complexity index is 171. The van der Waals surface area contributed by atoms with Crippen molar-refractivity contribution in [2.75, 3.05) is 0 Å². The van der Waals surface area contributed by atoms with Gasteiger partial charge in [0.05, 0.1) is 0 Å². The minimum Gasteiger partial charge on any atom is -0.457 e. The summed E-state index contributed by atoms with van der Waals surface area (Å²) < 4.78 is 5.14. The van der Waals surface area contributed by atoms with Crippen molar-refractivity contribution in [3.63, 3.8) is 0 Å². The maximum Gasteiger partial charge on any atom is 0.365 e. The molecule has 0 aromatic carbocycles. The van der Waals surface area contributed by atoms with E-state index >= 15 is 0 Å². The van der Waals surface area contributed by atoms with E-state index in [2.05, 4.69) is 26.5 Å². The molecule has 0 unspecified atom stereocenters. The van der Waals surface area contributed by atoms with Gasteiger partial charge in [-0.2, -0.15) is 0 Å². The number of carbonyl (C=O) groups excluding carboxylic acids is 1. The van der Waals surface area contributed by atoms with E-state index < -0.39 is 0 Å². The molecule has 2 atom stereocenters. The van der Waals surface area contributed by atoms with Crippen LogP contribution in [0.15, 0.2) is 0 Å². The van der Waals surface area contributed by atoms with Crippen molar-refractivity contribution in [2.24, 2.45) is 5.41 Å². The molecule has 0 aliphatic carbocycles. The van der Waals surface area contributed by atoms with Crippen LogP contribution in [-0.2, 0) is 9.53 Å². The van der Waals surface area contributed by atoms with Crippen LogP contribution in [-0.4, -0.2) is 18.1 Å². The molecule has 0 aromatic rings. The molecule has 0 bridgehead atoms. The van der Waals surface area contributed by atoms with Gasteiger partial charge in [0.1, 0.15) is 6.10 Å². The molecule has 1 rings (SSSR count). The standard InChI is InChI=1S/C8H15NO2/c1-8(2,3)6-4-5(9)7(10)11-6/h5-6H,4,9H2,1-3H3/p+1/t5-,6-/m1/s1. The van der Waals surface area contributed by atoms with Crippen LogP contribution in [0.4, 0.5) is 0 Å². The average Bonchev–Trinajstić information content (AvgIpc) is 2.11. The molecule has 0 amide bonds. The Kier molecular flexibility index (Phi) is 1.92. The Morgan fingerprint density at radius 2 is 2.09 bits per heavy atom. The van der Waals surface area contributed by atoms with E-state index in [0.717, 1.165) is 6.42 Å². The Morgan fingerprint density at radius 1 is 1.55 bits per heavy atom.